The number of carbonyl (C=O) groups excluding carboxylic acids is 1. The van der Waals surface area contributed by atoms with Gasteiger partial charge >= 0.3 is 0 Å². The summed E-state index contributed by atoms with van der Waals surface area (Å²) in [6.07, 6.45) is 0. The number of hydrogen-bond acceptors (Lipinski definition) is 1. The van der Waals surface area contributed by atoms with E-state index in [1.54, 1.807) is 0 Å². The highest BCUT2D eigenvalue weighted by Crippen LogP contribution is 2.18. The van der Waals surface area contributed by atoms with Crippen LogP contribution in [0.2, 0.25) is 0 Å². The van der Waals surface area contributed by atoms with Crippen molar-refractivity contribution in [2.45, 2.75) is 20.8 Å². The number of anilines is 1. The maximum Gasteiger partial charge on any atom is 0.256 e. The van der Waals surface area contributed by atoms with E-state index in [9.17, 15) is 4.79 Å². The second-order valence-corrected chi connectivity index (χ2v) is 5.90. The van der Waals surface area contributed by atoms with Gasteiger partial charge in [0.1, 0.15) is 0 Å². The Bertz CT molecular complexity index is 635. The van der Waals surface area contributed by atoms with Crippen molar-refractivity contribution in [3.05, 3.63) is 62.2 Å². The summed E-state index contributed by atoms with van der Waals surface area (Å²) in [4.78, 5) is 12.2. The molecule has 0 atom stereocenters. The van der Waals surface area contributed by atoms with Crippen LogP contribution >= 0.6 is 22.6 Å². The normalized spacial score (nSPS) is 10.3. The van der Waals surface area contributed by atoms with Crippen LogP contribution in [-0.4, -0.2) is 5.91 Å². The van der Waals surface area contributed by atoms with Crippen LogP contribution < -0.4 is 5.32 Å². The number of nitrogens with one attached hydrogen (secondary N) is 1. The van der Waals surface area contributed by atoms with Crippen LogP contribution in [0.25, 0.3) is 0 Å². The SMILES string of the molecule is Cc1ccc(C(=O)Nc2ccc(C)c(C)c2)c(I)c1. The quantitative estimate of drug-likeness (QED) is 0.782. The summed E-state index contributed by atoms with van der Waals surface area (Å²) in [5, 5.41) is 2.94. The predicted octanol–water partition coefficient (Wildman–Crippen LogP) is 4.47. The van der Waals surface area contributed by atoms with Crippen LogP contribution in [0.15, 0.2) is 36.4 Å². The monoisotopic (exact) mass is 365 g/mol. The Morgan fingerprint density at radius 1 is 1.00 bits per heavy atom. The lowest BCUT2D eigenvalue weighted by Gasteiger charge is -2.09. The van der Waals surface area contributed by atoms with E-state index in [4.69, 9.17) is 0 Å². The number of rotatable bonds is 2. The molecule has 19 heavy (non-hydrogen) atoms. The van der Waals surface area contributed by atoms with Gasteiger partial charge < -0.3 is 5.32 Å². The fourth-order valence-corrected chi connectivity index (χ4v) is 2.74. The third-order valence-corrected chi connectivity index (χ3v) is 4.03. The van der Waals surface area contributed by atoms with Crippen LogP contribution in [-0.2, 0) is 0 Å². The molecule has 0 heterocycles. The van der Waals surface area contributed by atoms with Gasteiger partial charge in [0.2, 0.25) is 0 Å². The Labute approximate surface area is 127 Å². The fraction of sp³-hybridized carbons (Fsp3) is 0.188. The number of hydrogen-bond donors (Lipinski definition) is 1. The fourth-order valence-electron chi connectivity index (χ4n) is 1.82. The van der Waals surface area contributed by atoms with E-state index in [1.165, 1.54) is 11.1 Å². The first-order chi connectivity index (χ1) is 8.97. The Kier molecular flexibility index (Phi) is 4.24. The molecular formula is C16H16INO. The predicted molar refractivity (Wildman–Crippen MR) is 87.8 cm³/mol. The molecule has 0 saturated heterocycles. The second-order valence-electron chi connectivity index (χ2n) is 4.74. The van der Waals surface area contributed by atoms with Gasteiger partial charge in [-0.05, 0) is 78.8 Å². The van der Waals surface area contributed by atoms with E-state index in [0.29, 0.717) is 5.56 Å². The third kappa shape index (κ3) is 3.35. The Hall–Kier alpha value is -1.36. The van der Waals surface area contributed by atoms with E-state index >= 15 is 0 Å². The van der Waals surface area contributed by atoms with Crippen LogP contribution in [0.3, 0.4) is 0 Å². The first kappa shape index (κ1) is 14.1. The maximum absolute atomic E-state index is 12.2. The zero-order valence-electron chi connectivity index (χ0n) is 11.3. The molecule has 0 bridgehead atoms. The van der Waals surface area contributed by atoms with Crippen molar-refractivity contribution in [3.63, 3.8) is 0 Å². The largest absolute Gasteiger partial charge is 0.322 e. The molecule has 0 spiro atoms. The van der Waals surface area contributed by atoms with Gasteiger partial charge in [0, 0.05) is 9.26 Å². The molecule has 2 aromatic rings. The summed E-state index contributed by atoms with van der Waals surface area (Å²) in [6, 6.07) is 11.8. The standard InChI is InChI=1S/C16H16INO/c1-10-4-7-14(15(17)8-10)16(19)18-13-6-5-11(2)12(3)9-13/h4-9H,1-3H3,(H,18,19). The average Bonchev–Trinajstić information content (AvgIpc) is 2.33. The van der Waals surface area contributed by atoms with Crippen molar-refractivity contribution in [1.82, 2.24) is 0 Å². The molecule has 1 amide bonds. The van der Waals surface area contributed by atoms with E-state index < -0.39 is 0 Å². The maximum atomic E-state index is 12.2. The molecule has 0 saturated carbocycles. The molecule has 2 rings (SSSR count). The van der Waals surface area contributed by atoms with E-state index in [1.807, 2.05) is 50.2 Å². The van der Waals surface area contributed by atoms with Gasteiger partial charge in [-0.15, -0.1) is 0 Å². The van der Waals surface area contributed by atoms with Gasteiger partial charge in [-0.1, -0.05) is 17.7 Å². The van der Waals surface area contributed by atoms with E-state index in [0.717, 1.165) is 14.8 Å². The summed E-state index contributed by atoms with van der Waals surface area (Å²) in [7, 11) is 0. The number of benzene rings is 2. The van der Waals surface area contributed by atoms with Crippen molar-refractivity contribution < 1.29 is 4.79 Å². The zero-order valence-corrected chi connectivity index (χ0v) is 13.4. The molecular weight excluding hydrogens is 349 g/mol. The Balaban J connectivity index is 2.23. The Morgan fingerprint density at radius 3 is 2.37 bits per heavy atom. The first-order valence-corrected chi connectivity index (χ1v) is 7.20. The van der Waals surface area contributed by atoms with Crippen molar-refractivity contribution in [2.24, 2.45) is 0 Å². The average molecular weight is 365 g/mol. The molecule has 0 unspecified atom stereocenters. The third-order valence-electron chi connectivity index (χ3n) is 3.13. The minimum Gasteiger partial charge on any atom is -0.322 e. The van der Waals surface area contributed by atoms with Crippen molar-refractivity contribution in [3.8, 4) is 0 Å². The van der Waals surface area contributed by atoms with Crippen LogP contribution in [0, 0.1) is 24.3 Å². The molecule has 0 aliphatic rings. The summed E-state index contributed by atoms with van der Waals surface area (Å²) in [5.74, 6) is -0.0624. The van der Waals surface area contributed by atoms with Gasteiger partial charge in [-0.3, -0.25) is 4.79 Å². The number of carbonyl (C=O) groups is 1. The summed E-state index contributed by atoms with van der Waals surface area (Å²) >= 11 is 2.20. The molecule has 2 aromatic carbocycles. The molecule has 0 aliphatic carbocycles. The highest BCUT2D eigenvalue weighted by atomic mass is 127. The topological polar surface area (TPSA) is 29.1 Å². The smallest absolute Gasteiger partial charge is 0.256 e. The summed E-state index contributed by atoms with van der Waals surface area (Å²) in [6.45, 7) is 6.12. The van der Waals surface area contributed by atoms with Crippen LogP contribution in [0.1, 0.15) is 27.0 Å². The zero-order chi connectivity index (χ0) is 14.0. The van der Waals surface area contributed by atoms with Crippen molar-refractivity contribution in [1.29, 1.82) is 0 Å². The van der Waals surface area contributed by atoms with Crippen LogP contribution in [0.4, 0.5) is 5.69 Å². The lowest BCUT2D eigenvalue weighted by molar-refractivity contribution is 0.102. The summed E-state index contributed by atoms with van der Waals surface area (Å²) < 4.78 is 0.971. The summed E-state index contributed by atoms with van der Waals surface area (Å²) in [5.41, 5.74) is 5.11. The minimum atomic E-state index is -0.0624. The van der Waals surface area contributed by atoms with Gasteiger partial charge in [-0.25, -0.2) is 0 Å². The molecule has 0 fully saturated rings. The number of aryl methyl sites for hydroxylation is 3. The lowest BCUT2D eigenvalue weighted by Crippen LogP contribution is -2.13. The molecule has 2 nitrogen and oxygen atoms in total. The van der Waals surface area contributed by atoms with Gasteiger partial charge in [-0.2, -0.15) is 0 Å². The van der Waals surface area contributed by atoms with Gasteiger partial charge in [0.05, 0.1) is 5.56 Å². The molecule has 0 radical (unpaired) electrons. The van der Waals surface area contributed by atoms with Crippen molar-refractivity contribution >= 4 is 34.2 Å². The highest BCUT2D eigenvalue weighted by Gasteiger charge is 2.10. The minimum absolute atomic E-state index is 0.0624. The molecule has 0 aliphatic heterocycles. The van der Waals surface area contributed by atoms with E-state index in [2.05, 4.69) is 34.8 Å². The molecule has 3 heteroatoms. The Morgan fingerprint density at radius 2 is 1.74 bits per heavy atom. The second kappa shape index (κ2) is 5.74. The molecule has 98 valence electrons. The van der Waals surface area contributed by atoms with Gasteiger partial charge in [0.15, 0.2) is 0 Å². The van der Waals surface area contributed by atoms with Crippen molar-refractivity contribution in [2.75, 3.05) is 5.32 Å². The van der Waals surface area contributed by atoms with Crippen LogP contribution in [0.5, 0.6) is 0 Å². The highest BCUT2D eigenvalue weighted by molar-refractivity contribution is 14.1. The van der Waals surface area contributed by atoms with Gasteiger partial charge in [0.25, 0.3) is 5.91 Å². The molecule has 0 aromatic heterocycles. The first-order valence-electron chi connectivity index (χ1n) is 6.12. The number of amides is 1. The van der Waals surface area contributed by atoms with E-state index in [-0.39, 0.29) is 5.91 Å². The molecule has 1 N–H and O–H groups in total. The number of halogens is 1. The lowest BCUT2D eigenvalue weighted by atomic mass is 10.1.